The van der Waals surface area contributed by atoms with Gasteiger partial charge in [-0.15, -0.1) is 0 Å². The van der Waals surface area contributed by atoms with Gasteiger partial charge in [-0.2, -0.15) is 0 Å². The summed E-state index contributed by atoms with van der Waals surface area (Å²) in [5, 5.41) is 5.52. The van der Waals surface area contributed by atoms with E-state index in [1.165, 1.54) is 0 Å². The number of carbonyl (C=O) groups is 3. The molecule has 0 radical (unpaired) electrons. The molecule has 4 N–H and O–H groups in total. The molecule has 4 rings (SSSR count). The summed E-state index contributed by atoms with van der Waals surface area (Å²) in [4.78, 5) is 38.4. The van der Waals surface area contributed by atoms with Gasteiger partial charge >= 0.3 is 6.03 Å². The predicted molar refractivity (Wildman–Crippen MR) is 123 cm³/mol. The summed E-state index contributed by atoms with van der Waals surface area (Å²) in [5.74, 6) is -0.537. The van der Waals surface area contributed by atoms with E-state index in [2.05, 4.69) is 10.6 Å². The SMILES string of the molecule is NC(=O)c1ccc(CN(C(=O)c2ccc(NC(=O)Nc3ccccc3)cc2)C2CC2)cc1. The molecule has 7 nitrogen and oxygen atoms in total. The molecule has 7 heteroatoms. The van der Waals surface area contributed by atoms with E-state index >= 15 is 0 Å². The Hall–Kier alpha value is -4.13. The van der Waals surface area contributed by atoms with Gasteiger partial charge in [0.15, 0.2) is 0 Å². The number of rotatable bonds is 7. The van der Waals surface area contributed by atoms with Gasteiger partial charge in [-0.25, -0.2) is 4.79 Å². The minimum Gasteiger partial charge on any atom is -0.366 e. The lowest BCUT2D eigenvalue weighted by molar-refractivity contribution is 0.0729. The quantitative estimate of drug-likeness (QED) is 0.524. The summed E-state index contributed by atoms with van der Waals surface area (Å²) in [6, 6.07) is 22.9. The number of primary amides is 1. The van der Waals surface area contributed by atoms with Crippen molar-refractivity contribution >= 4 is 29.2 Å². The summed E-state index contributed by atoms with van der Waals surface area (Å²) in [6.45, 7) is 0.460. The average molecular weight is 428 g/mol. The zero-order chi connectivity index (χ0) is 22.5. The van der Waals surface area contributed by atoms with Crippen molar-refractivity contribution in [3.8, 4) is 0 Å². The van der Waals surface area contributed by atoms with Crippen LogP contribution in [-0.4, -0.2) is 28.8 Å². The minimum absolute atomic E-state index is 0.0632. The van der Waals surface area contributed by atoms with Gasteiger partial charge in [-0.1, -0.05) is 30.3 Å². The standard InChI is InChI=1S/C25H24N4O3/c26-23(30)18-8-6-17(7-9-18)16-29(22-14-15-22)24(31)19-10-12-21(13-11-19)28-25(32)27-20-4-2-1-3-5-20/h1-13,22H,14-16H2,(H2,26,30)(H2,27,28,32). The van der Waals surface area contributed by atoms with Crippen molar-refractivity contribution in [2.45, 2.75) is 25.4 Å². The van der Waals surface area contributed by atoms with Gasteiger partial charge in [0.25, 0.3) is 5.91 Å². The number of nitrogens with two attached hydrogens (primary N) is 1. The molecule has 0 bridgehead atoms. The van der Waals surface area contributed by atoms with Gasteiger partial charge < -0.3 is 21.3 Å². The van der Waals surface area contributed by atoms with Crippen LogP contribution in [0.2, 0.25) is 0 Å². The monoisotopic (exact) mass is 428 g/mol. The molecule has 162 valence electrons. The van der Waals surface area contributed by atoms with Crippen molar-refractivity contribution in [3.63, 3.8) is 0 Å². The Balaban J connectivity index is 1.40. The number of carbonyl (C=O) groups excluding carboxylic acids is 3. The van der Waals surface area contributed by atoms with E-state index in [4.69, 9.17) is 5.73 Å². The second-order valence-corrected chi connectivity index (χ2v) is 7.75. The topological polar surface area (TPSA) is 105 Å². The zero-order valence-electron chi connectivity index (χ0n) is 17.5. The molecule has 32 heavy (non-hydrogen) atoms. The smallest absolute Gasteiger partial charge is 0.323 e. The largest absolute Gasteiger partial charge is 0.366 e. The van der Waals surface area contributed by atoms with E-state index in [0.717, 1.165) is 18.4 Å². The summed E-state index contributed by atoms with van der Waals surface area (Å²) in [7, 11) is 0. The average Bonchev–Trinajstić information content (AvgIpc) is 3.64. The third-order valence-electron chi connectivity index (χ3n) is 5.26. The van der Waals surface area contributed by atoms with Crippen LogP contribution in [0, 0.1) is 0 Å². The maximum absolute atomic E-state index is 13.1. The Kier molecular flexibility index (Phi) is 6.17. The minimum atomic E-state index is -0.474. The Morgan fingerprint density at radius 1 is 0.781 bits per heavy atom. The fourth-order valence-electron chi connectivity index (χ4n) is 3.40. The number of nitrogens with one attached hydrogen (secondary N) is 2. The van der Waals surface area contributed by atoms with Gasteiger partial charge in [0.05, 0.1) is 0 Å². The second-order valence-electron chi connectivity index (χ2n) is 7.75. The lowest BCUT2D eigenvalue weighted by atomic mass is 10.1. The van der Waals surface area contributed by atoms with Crippen LogP contribution in [-0.2, 0) is 6.54 Å². The summed E-state index contributed by atoms with van der Waals surface area (Å²) >= 11 is 0. The van der Waals surface area contributed by atoms with Crippen molar-refractivity contribution in [1.82, 2.24) is 4.90 Å². The van der Waals surface area contributed by atoms with Crippen molar-refractivity contribution in [3.05, 3.63) is 95.6 Å². The first-order valence-corrected chi connectivity index (χ1v) is 10.4. The lowest BCUT2D eigenvalue weighted by Gasteiger charge is -2.23. The van der Waals surface area contributed by atoms with Crippen LogP contribution >= 0.6 is 0 Å². The molecular formula is C25H24N4O3. The Labute approximate surface area is 186 Å². The van der Waals surface area contributed by atoms with E-state index in [0.29, 0.717) is 29.0 Å². The third-order valence-corrected chi connectivity index (χ3v) is 5.26. The lowest BCUT2D eigenvalue weighted by Crippen LogP contribution is -2.32. The van der Waals surface area contributed by atoms with Gasteiger partial charge in [0.1, 0.15) is 0 Å². The van der Waals surface area contributed by atoms with Crippen LogP contribution in [0.1, 0.15) is 39.1 Å². The molecular weight excluding hydrogens is 404 g/mol. The molecule has 3 aromatic carbocycles. The summed E-state index contributed by atoms with van der Waals surface area (Å²) in [6.07, 6.45) is 1.95. The highest BCUT2D eigenvalue weighted by molar-refractivity contribution is 6.00. The van der Waals surface area contributed by atoms with E-state index < -0.39 is 5.91 Å². The zero-order valence-corrected chi connectivity index (χ0v) is 17.5. The highest BCUT2D eigenvalue weighted by Gasteiger charge is 2.33. The Morgan fingerprint density at radius 3 is 1.91 bits per heavy atom. The van der Waals surface area contributed by atoms with Gasteiger partial charge in [0.2, 0.25) is 5.91 Å². The predicted octanol–water partition coefficient (Wildman–Crippen LogP) is 4.23. The molecule has 0 unspecified atom stereocenters. The van der Waals surface area contributed by atoms with Crippen LogP contribution in [0.25, 0.3) is 0 Å². The van der Waals surface area contributed by atoms with Crippen molar-refractivity contribution in [2.24, 2.45) is 5.73 Å². The number of benzene rings is 3. The molecule has 3 aromatic rings. The van der Waals surface area contributed by atoms with E-state index in [-0.39, 0.29) is 18.0 Å². The van der Waals surface area contributed by atoms with Crippen molar-refractivity contribution in [2.75, 3.05) is 10.6 Å². The number of hydrogen-bond donors (Lipinski definition) is 3. The first-order valence-electron chi connectivity index (χ1n) is 10.4. The molecule has 1 aliphatic rings. The van der Waals surface area contributed by atoms with Gasteiger partial charge in [-0.05, 0) is 66.9 Å². The molecule has 0 atom stereocenters. The number of para-hydroxylation sites is 1. The van der Waals surface area contributed by atoms with Crippen LogP contribution in [0.3, 0.4) is 0 Å². The first kappa shape index (κ1) is 21.1. The second kappa shape index (κ2) is 9.34. The van der Waals surface area contributed by atoms with Gasteiger partial charge in [0, 0.05) is 35.1 Å². The molecule has 1 fully saturated rings. The molecule has 0 aromatic heterocycles. The summed E-state index contributed by atoms with van der Waals surface area (Å²) < 4.78 is 0. The number of nitrogens with zero attached hydrogens (tertiary/aromatic N) is 1. The number of anilines is 2. The molecule has 0 spiro atoms. The molecule has 1 aliphatic carbocycles. The number of hydrogen-bond acceptors (Lipinski definition) is 3. The Morgan fingerprint density at radius 2 is 1.34 bits per heavy atom. The molecule has 0 aliphatic heterocycles. The normalized spacial score (nSPS) is 12.6. The van der Waals surface area contributed by atoms with Crippen LogP contribution in [0.5, 0.6) is 0 Å². The maximum Gasteiger partial charge on any atom is 0.323 e. The van der Waals surface area contributed by atoms with E-state index in [1.807, 2.05) is 35.2 Å². The molecule has 0 saturated heterocycles. The molecule has 4 amide bonds. The highest BCUT2D eigenvalue weighted by atomic mass is 16.2. The number of amides is 4. The van der Waals surface area contributed by atoms with E-state index in [1.54, 1.807) is 48.5 Å². The van der Waals surface area contributed by atoms with Crippen LogP contribution in [0.15, 0.2) is 78.9 Å². The number of urea groups is 1. The van der Waals surface area contributed by atoms with Crippen molar-refractivity contribution in [1.29, 1.82) is 0 Å². The fraction of sp³-hybridized carbons (Fsp3) is 0.160. The summed E-state index contributed by atoms with van der Waals surface area (Å²) in [5.41, 5.74) is 8.52. The Bertz CT molecular complexity index is 1110. The van der Waals surface area contributed by atoms with Gasteiger partial charge in [-0.3, -0.25) is 9.59 Å². The molecule has 1 saturated carbocycles. The van der Waals surface area contributed by atoms with Crippen molar-refractivity contribution < 1.29 is 14.4 Å². The third kappa shape index (κ3) is 5.31. The maximum atomic E-state index is 13.1. The highest BCUT2D eigenvalue weighted by Crippen LogP contribution is 2.30. The van der Waals surface area contributed by atoms with E-state index in [9.17, 15) is 14.4 Å². The fourth-order valence-corrected chi connectivity index (χ4v) is 3.40. The first-order chi connectivity index (χ1) is 15.5. The molecule has 0 heterocycles. The van der Waals surface area contributed by atoms with Crippen LogP contribution in [0.4, 0.5) is 16.2 Å². The van der Waals surface area contributed by atoms with Crippen LogP contribution < -0.4 is 16.4 Å².